The van der Waals surface area contributed by atoms with E-state index in [2.05, 4.69) is 10.6 Å². The van der Waals surface area contributed by atoms with Crippen LogP contribution in [0.2, 0.25) is 0 Å². The molecular formula is C17H21ClN2O2. The molecule has 0 bridgehead atoms. The summed E-state index contributed by atoms with van der Waals surface area (Å²) in [6.07, 6.45) is 0. The van der Waals surface area contributed by atoms with Crippen LogP contribution in [-0.4, -0.2) is 24.7 Å². The van der Waals surface area contributed by atoms with Crippen LogP contribution in [0.15, 0.2) is 48.5 Å². The average molecular weight is 321 g/mol. The van der Waals surface area contributed by atoms with E-state index in [1.165, 1.54) is 0 Å². The summed E-state index contributed by atoms with van der Waals surface area (Å²) in [4.78, 5) is 0. The third-order valence-corrected chi connectivity index (χ3v) is 3.67. The molecular weight excluding hydrogens is 300 g/mol. The van der Waals surface area contributed by atoms with Gasteiger partial charge in [-0.3, -0.25) is 0 Å². The summed E-state index contributed by atoms with van der Waals surface area (Å²) >= 11 is 0. The van der Waals surface area contributed by atoms with Gasteiger partial charge in [0.05, 0.1) is 0 Å². The number of piperazine rings is 1. The fraction of sp³-hybridized carbons (Fsp3) is 0.294. The first kappa shape index (κ1) is 16.6. The van der Waals surface area contributed by atoms with Crippen molar-refractivity contribution in [2.75, 3.05) is 19.6 Å². The molecule has 4 nitrogen and oxygen atoms in total. The molecule has 0 unspecified atom stereocenters. The van der Waals surface area contributed by atoms with Gasteiger partial charge in [-0.1, -0.05) is 36.4 Å². The lowest BCUT2D eigenvalue weighted by atomic mass is 10.0. The second kappa shape index (κ2) is 8.03. The van der Waals surface area contributed by atoms with Crippen LogP contribution in [0.25, 0.3) is 0 Å². The first-order valence-electron chi connectivity index (χ1n) is 7.26. The zero-order chi connectivity index (χ0) is 14.5. The van der Waals surface area contributed by atoms with Crippen molar-refractivity contribution in [2.45, 2.75) is 12.6 Å². The summed E-state index contributed by atoms with van der Waals surface area (Å²) in [7, 11) is 0. The molecule has 1 saturated heterocycles. The number of halogens is 1. The molecule has 0 saturated carbocycles. The fourth-order valence-corrected chi connectivity index (χ4v) is 2.52. The minimum absolute atomic E-state index is 0. The van der Waals surface area contributed by atoms with Gasteiger partial charge >= 0.3 is 0 Å². The number of rotatable bonds is 4. The lowest BCUT2D eigenvalue weighted by Gasteiger charge is -2.25. The summed E-state index contributed by atoms with van der Waals surface area (Å²) in [6.45, 7) is 3.21. The van der Waals surface area contributed by atoms with Crippen molar-refractivity contribution in [1.29, 1.82) is 0 Å². The molecule has 0 spiro atoms. The van der Waals surface area contributed by atoms with Crippen LogP contribution >= 0.6 is 12.4 Å². The highest BCUT2D eigenvalue weighted by Gasteiger charge is 2.17. The number of aromatic hydroxyl groups is 1. The smallest absolute Gasteiger partial charge is 0.124 e. The van der Waals surface area contributed by atoms with Crippen molar-refractivity contribution < 1.29 is 9.84 Å². The maximum Gasteiger partial charge on any atom is 0.124 e. The molecule has 2 aromatic rings. The molecule has 2 aromatic carbocycles. The Balaban J connectivity index is 0.00000176. The van der Waals surface area contributed by atoms with Crippen molar-refractivity contribution in [1.82, 2.24) is 10.6 Å². The lowest BCUT2D eigenvalue weighted by Crippen LogP contribution is -2.42. The second-order valence-electron chi connectivity index (χ2n) is 5.21. The Kier molecular flexibility index (Phi) is 6.07. The van der Waals surface area contributed by atoms with E-state index in [1.807, 2.05) is 42.5 Å². The van der Waals surface area contributed by atoms with E-state index < -0.39 is 0 Å². The maximum atomic E-state index is 10.2. The number of phenols is 1. The molecule has 1 aliphatic heterocycles. The largest absolute Gasteiger partial charge is 0.507 e. The Morgan fingerprint density at radius 2 is 1.91 bits per heavy atom. The maximum absolute atomic E-state index is 10.2. The third-order valence-electron chi connectivity index (χ3n) is 3.67. The first-order valence-corrected chi connectivity index (χ1v) is 7.26. The van der Waals surface area contributed by atoms with Crippen LogP contribution in [-0.2, 0) is 6.61 Å². The molecule has 1 aliphatic rings. The Bertz CT molecular complexity index is 586. The number of hydrogen-bond acceptors (Lipinski definition) is 4. The fourth-order valence-electron chi connectivity index (χ4n) is 2.52. The van der Waals surface area contributed by atoms with E-state index >= 15 is 0 Å². The Labute approximate surface area is 136 Å². The number of benzene rings is 2. The van der Waals surface area contributed by atoms with Crippen LogP contribution < -0.4 is 15.4 Å². The van der Waals surface area contributed by atoms with Crippen molar-refractivity contribution in [2.24, 2.45) is 0 Å². The number of phenolic OH excluding ortho intramolecular Hbond substituents is 1. The topological polar surface area (TPSA) is 53.5 Å². The first-order chi connectivity index (χ1) is 10.3. The molecule has 3 N–H and O–H groups in total. The Hall–Kier alpha value is -1.75. The Morgan fingerprint density at radius 3 is 2.59 bits per heavy atom. The third kappa shape index (κ3) is 4.13. The summed E-state index contributed by atoms with van der Waals surface area (Å²) in [5, 5.41) is 16.9. The van der Waals surface area contributed by atoms with E-state index in [-0.39, 0.29) is 24.2 Å². The molecule has 0 radical (unpaired) electrons. The second-order valence-corrected chi connectivity index (χ2v) is 5.21. The molecule has 22 heavy (non-hydrogen) atoms. The molecule has 3 rings (SSSR count). The predicted octanol–water partition coefficient (Wildman–Crippen LogP) is 2.63. The van der Waals surface area contributed by atoms with Gasteiger partial charge in [0.15, 0.2) is 0 Å². The van der Waals surface area contributed by atoms with Crippen LogP contribution in [0.5, 0.6) is 11.5 Å². The molecule has 1 heterocycles. The van der Waals surface area contributed by atoms with Crippen molar-refractivity contribution in [3.8, 4) is 11.5 Å². The van der Waals surface area contributed by atoms with Gasteiger partial charge in [-0.05, 0) is 11.6 Å². The van der Waals surface area contributed by atoms with Crippen molar-refractivity contribution in [3.05, 3.63) is 59.7 Å². The molecule has 0 aromatic heterocycles. The van der Waals surface area contributed by atoms with E-state index in [1.54, 1.807) is 6.07 Å². The molecule has 1 atom stereocenters. The van der Waals surface area contributed by atoms with Gasteiger partial charge < -0.3 is 20.5 Å². The van der Waals surface area contributed by atoms with Crippen LogP contribution in [0, 0.1) is 0 Å². The highest BCUT2D eigenvalue weighted by atomic mass is 35.5. The molecule has 0 aliphatic carbocycles. The molecule has 0 amide bonds. The lowest BCUT2D eigenvalue weighted by molar-refractivity contribution is 0.303. The molecule has 5 heteroatoms. The van der Waals surface area contributed by atoms with Crippen LogP contribution in [0.3, 0.4) is 0 Å². The molecule has 1 fully saturated rings. The van der Waals surface area contributed by atoms with E-state index in [0.29, 0.717) is 12.4 Å². The highest BCUT2D eigenvalue weighted by Crippen LogP contribution is 2.29. The monoisotopic (exact) mass is 320 g/mol. The summed E-state index contributed by atoms with van der Waals surface area (Å²) in [6, 6.07) is 15.7. The van der Waals surface area contributed by atoms with Gasteiger partial charge in [-0.2, -0.15) is 0 Å². The van der Waals surface area contributed by atoms with E-state index in [4.69, 9.17) is 4.74 Å². The van der Waals surface area contributed by atoms with Gasteiger partial charge in [0.1, 0.15) is 18.1 Å². The normalized spacial score (nSPS) is 17.5. The zero-order valence-electron chi connectivity index (χ0n) is 12.3. The van der Waals surface area contributed by atoms with Gasteiger partial charge in [0.2, 0.25) is 0 Å². The molecule has 118 valence electrons. The number of nitrogens with one attached hydrogen (secondary N) is 2. The average Bonchev–Trinajstić information content (AvgIpc) is 2.55. The number of hydrogen-bond donors (Lipinski definition) is 3. The van der Waals surface area contributed by atoms with Crippen LogP contribution in [0.1, 0.15) is 17.2 Å². The van der Waals surface area contributed by atoms with Gasteiger partial charge in [-0.25, -0.2) is 0 Å². The highest BCUT2D eigenvalue weighted by molar-refractivity contribution is 5.85. The van der Waals surface area contributed by atoms with Gasteiger partial charge in [0.25, 0.3) is 0 Å². The standard InChI is InChI=1S/C17H20N2O2.ClH/c20-17-10-14(21-12-13-4-2-1-3-5-13)6-7-15(17)16-11-18-8-9-19-16;/h1-7,10,16,18-20H,8-9,11-12H2;1H/t16-;/m0./s1. The van der Waals surface area contributed by atoms with Crippen molar-refractivity contribution >= 4 is 12.4 Å². The van der Waals surface area contributed by atoms with Gasteiger partial charge in [0, 0.05) is 37.3 Å². The predicted molar refractivity (Wildman–Crippen MR) is 89.7 cm³/mol. The van der Waals surface area contributed by atoms with Crippen molar-refractivity contribution in [3.63, 3.8) is 0 Å². The minimum Gasteiger partial charge on any atom is -0.507 e. The van der Waals surface area contributed by atoms with E-state index in [9.17, 15) is 5.11 Å². The quantitative estimate of drug-likeness (QED) is 0.810. The summed E-state index contributed by atoms with van der Waals surface area (Å²) in [5.74, 6) is 0.964. The van der Waals surface area contributed by atoms with Crippen LogP contribution in [0.4, 0.5) is 0 Å². The van der Waals surface area contributed by atoms with Gasteiger partial charge in [-0.15, -0.1) is 12.4 Å². The minimum atomic E-state index is 0. The Morgan fingerprint density at radius 1 is 1.09 bits per heavy atom. The summed E-state index contributed by atoms with van der Waals surface area (Å²) < 4.78 is 5.72. The van der Waals surface area contributed by atoms with E-state index in [0.717, 1.165) is 30.8 Å². The number of ether oxygens (including phenoxy) is 1. The SMILES string of the molecule is Cl.Oc1cc(OCc2ccccc2)ccc1[C@@H]1CNCCN1. The summed E-state index contributed by atoms with van der Waals surface area (Å²) in [5.41, 5.74) is 2.02. The zero-order valence-corrected chi connectivity index (χ0v) is 13.1.